The Labute approximate surface area is 224 Å². The topological polar surface area (TPSA) is 150 Å². The average molecular weight is 561 g/mol. The van der Waals surface area contributed by atoms with Crippen LogP contribution in [0.5, 0.6) is 0 Å². The fraction of sp³-hybridized carbons (Fsp3) is 0.385. The molecule has 0 aliphatic carbocycles. The van der Waals surface area contributed by atoms with Gasteiger partial charge >= 0.3 is 0 Å². The van der Waals surface area contributed by atoms with Gasteiger partial charge in [0.1, 0.15) is 17.4 Å². The number of carbonyl (C=O) groups excluding carboxylic acids is 4. The average Bonchev–Trinajstić information content (AvgIpc) is 3.13. The van der Waals surface area contributed by atoms with Gasteiger partial charge < -0.3 is 4.55 Å². The van der Waals surface area contributed by atoms with Crippen molar-refractivity contribution in [1.29, 1.82) is 0 Å². The number of fused-ring (bicyclic) bond motifs is 1. The minimum atomic E-state index is -3.81. The number of unbranched alkanes of at least 4 members (excludes halogenated alkanes) is 3. The van der Waals surface area contributed by atoms with Crippen molar-refractivity contribution < 1.29 is 36.3 Å². The van der Waals surface area contributed by atoms with Crippen LogP contribution in [0.1, 0.15) is 64.8 Å². The van der Waals surface area contributed by atoms with Gasteiger partial charge in [0.25, 0.3) is 21.9 Å². The predicted octanol–water partition coefficient (Wildman–Crippen LogP) is 2.47. The van der Waals surface area contributed by atoms with Crippen LogP contribution in [0, 0.1) is 6.92 Å². The van der Waals surface area contributed by atoms with Gasteiger partial charge in [-0.15, -0.1) is 0 Å². The van der Waals surface area contributed by atoms with Crippen molar-refractivity contribution in [3.63, 3.8) is 0 Å². The molecule has 38 heavy (non-hydrogen) atoms. The molecule has 0 radical (unpaired) electrons. The summed E-state index contributed by atoms with van der Waals surface area (Å²) in [6.45, 7) is 1.90. The molecule has 10 nitrogen and oxygen atoms in total. The summed E-state index contributed by atoms with van der Waals surface area (Å²) in [5, 5.41) is 2.15. The highest BCUT2D eigenvalue weighted by Crippen LogP contribution is 2.32. The van der Waals surface area contributed by atoms with Gasteiger partial charge in [0.2, 0.25) is 11.8 Å². The lowest BCUT2D eigenvalue weighted by atomic mass is 10.0. The SMILES string of the molecule is Cc1ccc(S(=O)(=O)OCCCCCC[S+]([O-])c2cccc3c2C(=O)N(C2CCC(=O)NC2=O)C3=O)cc1. The molecule has 1 N–H and O–H groups in total. The Morgan fingerprint density at radius 1 is 1.00 bits per heavy atom. The van der Waals surface area contributed by atoms with Crippen molar-refractivity contribution in [2.45, 2.75) is 61.3 Å². The number of nitrogens with zero attached hydrogens (tertiary/aromatic N) is 1. The van der Waals surface area contributed by atoms with E-state index in [2.05, 4.69) is 5.32 Å². The number of rotatable bonds is 11. The molecule has 0 bridgehead atoms. The Hall–Kier alpha value is -3.06. The first-order chi connectivity index (χ1) is 18.1. The van der Waals surface area contributed by atoms with Crippen LogP contribution in [-0.4, -0.2) is 59.9 Å². The van der Waals surface area contributed by atoms with Crippen molar-refractivity contribution in [2.24, 2.45) is 0 Å². The molecule has 0 spiro atoms. The number of imide groups is 2. The Morgan fingerprint density at radius 3 is 2.42 bits per heavy atom. The first kappa shape index (κ1) is 28.0. The number of benzene rings is 2. The van der Waals surface area contributed by atoms with Crippen LogP contribution in [0.3, 0.4) is 0 Å². The van der Waals surface area contributed by atoms with Crippen molar-refractivity contribution >= 4 is 44.9 Å². The molecule has 2 unspecified atom stereocenters. The minimum Gasteiger partial charge on any atom is -0.611 e. The van der Waals surface area contributed by atoms with Crippen LogP contribution in [0.25, 0.3) is 0 Å². The molecular weight excluding hydrogens is 532 g/mol. The van der Waals surface area contributed by atoms with E-state index in [1.165, 1.54) is 24.3 Å². The molecule has 2 aromatic rings. The molecule has 0 aromatic heterocycles. The van der Waals surface area contributed by atoms with Crippen LogP contribution in [0.4, 0.5) is 0 Å². The highest BCUT2D eigenvalue weighted by Gasteiger charge is 2.47. The number of hydrogen-bond acceptors (Lipinski definition) is 8. The lowest BCUT2D eigenvalue weighted by Crippen LogP contribution is -2.54. The molecule has 2 heterocycles. The van der Waals surface area contributed by atoms with E-state index < -0.39 is 51.0 Å². The monoisotopic (exact) mass is 560 g/mol. The Morgan fingerprint density at radius 2 is 1.71 bits per heavy atom. The maximum absolute atomic E-state index is 13.1. The van der Waals surface area contributed by atoms with Gasteiger partial charge in [-0.2, -0.15) is 8.42 Å². The number of aryl methyl sites for hydroxylation is 1. The van der Waals surface area contributed by atoms with E-state index in [1.54, 1.807) is 18.2 Å². The molecule has 12 heteroatoms. The molecule has 4 amide bonds. The van der Waals surface area contributed by atoms with Gasteiger partial charge in [-0.3, -0.25) is 33.6 Å². The van der Waals surface area contributed by atoms with Crippen molar-refractivity contribution in [2.75, 3.05) is 12.4 Å². The standard InChI is InChI=1S/C26H28N2O8S2/c1-17-9-11-18(12-10-17)38(34,35)36-15-4-2-3-5-16-37(33)21-8-6-7-19-23(21)26(32)28(25(19)31)20-13-14-22(29)27-24(20)30/h6-12,20H,2-5,13-16H2,1H3,(H,27,29,30). The lowest BCUT2D eigenvalue weighted by Gasteiger charge is -2.27. The maximum Gasteiger partial charge on any atom is 0.296 e. The van der Waals surface area contributed by atoms with Gasteiger partial charge in [-0.1, -0.05) is 30.2 Å². The van der Waals surface area contributed by atoms with Crippen LogP contribution in [-0.2, 0) is 35.1 Å². The predicted molar refractivity (Wildman–Crippen MR) is 137 cm³/mol. The number of hydrogen-bond donors (Lipinski definition) is 1. The van der Waals surface area contributed by atoms with E-state index in [9.17, 15) is 32.1 Å². The summed E-state index contributed by atoms with van der Waals surface area (Å²) in [4.78, 5) is 51.0. The van der Waals surface area contributed by atoms with E-state index in [-0.39, 0.29) is 46.1 Å². The molecule has 1 fully saturated rings. The van der Waals surface area contributed by atoms with Crippen molar-refractivity contribution in [3.05, 3.63) is 59.2 Å². The van der Waals surface area contributed by atoms with Gasteiger partial charge in [0, 0.05) is 6.42 Å². The van der Waals surface area contributed by atoms with Crippen LogP contribution in [0.2, 0.25) is 0 Å². The largest absolute Gasteiger partial charge is 0.611 e. The molecule has 4 rings (SSSR count). The molecule has 2 aliphatic rings. The molecule has 1 saturated heterocycles. The third kappa shape index (κ3) is 5.98. The van der Waals surface area contributed by atoms with Crippen LogP contribution >= 0.6 is 0 Å². The van der Waals surface area contributed by atoms with Crippen LogP contribution in [0.15, 0.2) is 52.3 Å². The van der Waals surface area contributed by atoms with E-state index in [1.807, 2.05) is 6.92 Å². The smallest absolute Gasteiger partial charge is 0.296 e. The Kier molecular flexibility index (Phi) is 8.66. The summed E-state index contributed by atoms with van der Waals surface area (Å²) in [6, 6.07) is 9.88. The third-order valence-electron chi connectivity index (χ3n) is 6.45. The van der Waals surface area contributed by atoms with E-state index >= 15 is 0 Å². The number of carbonyl (C=O) groups is 4. The van der Waals surface area contributed by atoms with E-state index in [0.29, 0.717) is 25.7 Å². The van der Waals surface area contributed by atoms with Crippen molar-refractivity contribution in [3.8, 4) is 0 Å². The molecule has 2 aromatic carbocycles. The zero-order valence-electron chi connectivity index (χ0n) is 20.8. The van der Waals surface area contributed by atoms with Gasteiger partial charge in [-0.25, -0.2) is 0 Å². The minimum absolute atomic E-state index is 0.0194. The first-order valence-corrected chi connectivity index (χ1v) is 15.0. The number of nitrogens with one attached hydrogen (secondary N) is 1. The number of piperidine rings is 1. The first-order valence-electron chi connectivity index (χ1n) is 12.3. The van der Waals surface area contributed by atoms with Crippen molar-refractivity contribution in [1.82, 2.24) is 10.2 Å². The summed E-state index contributed by atoms with van der Waals surface area (Å²) in [5.41, 5.74) is 1.08. The fourth-order valence-electron chi connectivity index (χ4n) is 4.41. The molecule has 2 atom stereocenters. The van der Waals surface area contributed by atoms with E-state index in [0.717, 1.165) is 10.5 Å². The second-order valence-electron chi connectivity index (χ2n) is 9.18. The highest BCUT2D eigenvalue weighted by atomic mass is 32.2. The summed E-state index contributed by atoms with van der Waals surface area (Å²) in [6.07, 6.45) is 2.46. The summed E-state index contributed by atoms with van der Waals surface area (Å²) in [5.74, 6) is -2.23. The van der Waals surface area contributed by atoms with E-state index in [4.69, 9.17) is 4.18 Å². The zero-order chi connectivity index (χ0) is 27.4. The van der Waals surface area contributed by atoms with Gasteiger partial charge in [0.15, 0.2) is 4.90 Å². The molecule has 0 saturated carbocycles. The number of amides is 4. The third-order valence-corrected chi connectivity index (χ3v) is 9.26. The highest BCUT2D eigenvalue weighted by molar-refractivity contribution is 7.91. The van der Waals surface area contributed by atoms with Gasteiger partial charge in [-0.05, 0) is 68.0 Å². The summed E-state index contributed by atoms with van der Waals surface area (Å²) < 4.78 is 42.6. The van der Waals surface area contributed by atoms with Gasteiger partial charge in [0.05, 0.1) is 17.1 Å². The lowest BCUT2D eigenvalue weighted by molar-refractivity contribution is -0.136. The van der Waals surface area contributed by atoms with Crippen LogP contribution < -0.4 is 5.32 Å². The zero-order valence-corrected chi connectivity index (χ0v) is 22.4. The second-order valence-corrected chi connectivity index (χ2v) is 12.3. The molecule has 202 valence electrons. The normalized spacial score (nSPS) is 18.5. The molecule has 2 aliphatic heterocycles. The second kappa shape index (κ2) is 11.8. The quantitative estimate of drug-likeness (QED) is 0.191. The Bertz CT molecular complexity index is 1360. The summed E-state index contributed by atoms with van der Waals surface area (Å²) >= 11 is -1.56. The summed E-state index contributed by atoms with van der Waals surface area (Å²) in [7, 11) is -3.81. The fourth-order valence-corrected chi connectivity index (χ4v) is 6.70. The Balaban J connectivity index is 1.27. The maximum atomic E-state index is 13.1. The molecular formula is C26H28N2O8S2.